The summed E-state index contributed by atoms with van der Waals surface area (Å²) < 4.78 is 9.64. The van der Waals surface area contributed by atoms with Crippen molar-refractivity contribution >= 4 is 23.9 Å². The minimum Gasteiger partial charge on any atom is -0.478 e. The maximum atomic E-state index is 12.2. The minimum atomic E-state index is -2.22. The van der Waals surface area contributed by atoms with E-state index >= 15 is 0 Å². The van der Waals surface area contributed by atoms with Gasteiger partial charge in [-0.3, -0.25) is 5.32 Å². The second kappa shape index (κ2) is 12.8. The molecule has 3 N–H and O–H groups in total. The van der Waals surface area contributed by atoms with Gasteiger partial charge in [-0.1, -0.05) is 83.9 Å². The molecule has 6 rings (SSSR count). The molecule has 0 unspecified atom stereocenters. The lowest BCUT2D eigenvalue weighted by molar-refractivity contribution is -0.166. The molecule has 0 saturated carbocycles. The Morgan fingerprint density at radius 1 is 0.689 bits per heavy atom. The van der Waals surface area contributed by atoms with Crippen LogP contribution < -0.4 is 5.32 Å². The predicted molar refractivity (Wildman–Crippen MR) is 165 cm³/mol. The molecule has 0 fully saturated rings. The molecule has 0 amide bonds. The van der Waals surface area contributed by atoms with Crippen LogP contribution in [0, 0.1) is 13.8 Å². The highest BCUT2D eigenvalue weighted by Crippen LogP contribution is 2.47. The second-order valence-electron chi connectivity index (χ2n) is 11.3. The number of carboxylic acids is 2. The fourth-order valence-corrected chi connectivity index (χ4v) is 5.78. The Bertz CT molecular complexity index is 1660. The Hall–Kier alpha value is -5.28. The number of carbonyl (C=O) groups excluding carboxylic acids is 2. The van der Waals surface area contributed by atoms with Crippen LogP contribution in [0.15, 0.2) is 97.1 Å². The van der Waals surface area contributed by atoms with Gasteiger partial charge in [-0.2, -0.15) is 0 Å². The molecule has 2 aliphatic heterocycles. The van der Waals surface area contributed by atoms with Gasteiger partial charge in [-0.25, -0.2) is 19.2 Å². The molecule has 2 bridgehead atoms. The third-order valence-electron chi connectivity index (χ3n) is 8.12. The first-order valence-electron chi connectivity index (χ1n) is 14.4. The van der Waals surface area contributed by atoms with E-state index in [2.05, 4.69) is 60.8 Å². The van der Waals surface area contributed by atoms with Crippen LogP contribution in [0.3, 0.4) is 0 Å². The van der Waals surface area contributed by atoms with Crippen molar-refractivity contribution in [2.45, 2.75) is 51.0 Å². The monoisotopic (exact) mass is 607 g/mol. The highest BCUT2D eigenvalue weighted by Gasteiger charge is 2.45. The van der Waals surface area contributed by atoms with E-state index in [0.717, 1.165) is 17.5 Å². The molecule has 2 aliphatic rings. The van der Waals surface area contributed by atoms with Crippen molar-refractivity contribution in [2.24, 2.45) is 0 Å². The molecule has 45 heavy (non-hydrogen) atoms. The third-order valence-corrected chi connectivity index (χ3v) is 8.12. The lowest BCUT2D eigenvalue weighted by atomic mass is 9.82. The summed E-state index contributed by atoms with van der Waals surface area (Å²) in [6, 6.07) is 30.2. The zero-order valence-electron chi connectivity index (χ0n) is 25.0. The number of fused-ring (bicyclic) bond motifs is 7. The summed E-state index contributed by atoms with van der Waals surface area (Å²) >= 11 is 0. The summed E-state index contributed by atoms with van der Waals surface area (Å²) in [4.78, 5) is 47.3. The number of nitrogens with one attached hydrogen (secondary N) is 1. The maximum Gasteiger partial charge on any atom is 0.349 e. The molecule has 9 nitrogen and oxygen atoms in total. The van der Waals surface area contributed by atoms with Crippen LogP contribution in [-0.4, -0.2) is 46.3 Å². The number of carbonyl (C=O) groups is 4. The van der Waals surface area contributed by atoms with Gasteiger partial charge in [0.05, 0.1) is 16.7 Å². The standard InChI is InChI=1S/C20H18O8.C16H15N/c1-11-3-7-13(8-4-11)19(25)27-15(17(21)22)16(18(23)24)28-20(26)14-9-5-12(2)6-10-14;1-16-13-8-4-2-6-11(13)10-15(17-16)12-7-3-5-9-14(12)16/h3-10,15-16H,1-2H3,(H,21,22)(H,23,24);2-9,15,17H,10H2,1H3/t15-,16-;15-,16+/m01/s1. The summed E-state index contributed by atoms with van der Waals surface area (Å²) in [7, 11) is 0. The molecule has 9 heteroatoms. The van der Waals surface area contributed by atoms with E-state index in [9.17, 15) is 29.4 Å². The molecular formula is C36H33NO8. The lowest BCUT2D eigenvalue weighted by Crippen LogP contribution is -2.45. The van der Waals surface area contributed by atoms with Crippen molar-refractivity contribution in [3.63, 3.8) is 0 Å². The summed E-state index contributed by atoms with van der Waals surface area (Å²) in [6.45, 7) is 5.89. The van der Waals surface area contributed by atoms with E-state index in [-0.39, 0.29) is 16.7 Å². The van der Waals surface area contributed by atoms with Crippen LogP contribution in [0.4, 0.5) is 0 Å². The van der Waals surface area contributed by atoms with E-state index in [0.29, 0.717) is 6.04 Å². The fourth-order valence-electron chi connectivity index (χ4n) is 5.78. The quantitative estimate of drug-likeness (QED) is 0.237. The molecule has 2 heterocycles. The highest BCUT2D eigenvalue weighted by atomic mass is 16.6. The minimum absolute atomic E-state index is 0.0100. The summed E-state index contributed by atoms with van der Waals surface area (Å²) in [5.41, 5.74) is 7.67. The smallest absolute Gasteiger partial charge is 0.349 e. The Morgan fingerprint density at radius 2 is 1.13 bits per heavy atom. The first-order valence-corrected chi connectivity index (χ1v) is 14.4. The Balaban J connectivity index is 0.000000198. The largest absolute Gasteiger partial charge is 0.478 e. The van der Waals surface area contributed by atoms with Gasteiger partial charge in [0, 0.05) is 6.04 Å². The molecule has 0 radical (unpaired) electrons. The zero-order chi connectivity index (χ0) is 32.3. The highest BCUT2D eigenvalue weighted by molar-refractivity contribution is 5.95. The van der Waals surface area contributed by atoms with Crippen molar-refractivity contribution < 1.29 is 38.9 Å². The van der Waals surface area contributed by atoms with E-state index in [1.807, 2.05) is 0 Å². The van der Waals surface area contributed by atoms with Crippen molar-refractivity contribution in [3.8, 4) is 0 Å². The average Bonchev–Trinajstić information content (AvgIpc) is 3.26. The van der Waals surface area contributed by atoms with Gasteiger partial charge >= 0.3 is 23.9 Å². The number of aliphatic carboxylic acids is 2. The topological polar surface area (TPSA) is 139 Å². The van der Waals surface area contributed by atoms with E-state index in [1.165, 1.54) is 46.5 Å². The van der Waals surface area contributed by atoms with Crippen molar-refractivity contribution in [3.05, 3.63) is 142 Å². The number of aryl methyl sites for hydroxylation is 2. The zero-order valence-corrected chi connectivity index (χ0v) is 25.0. The first-order chi connectivity index (χ1) is 21.5. The summed E-state index contributed by atoms with van der Waals surface area (Å²) in [5, 5.41) is 22.4. The number of ether oxygens (including phenoxy) is 2. The molecule has 4 aromatic carbocycles. The molecule has 0 spiro atoms. The van der Waals surface area contributed by atoms with Crippen LogP contribution in [0.2, 0.25) is 0 Å². The first kappa shape index (κ1) is 31.2. The van der Waals surface area contributed by atoms with Gasteiger partial charge < -0.3 is 19.7 Å². The van der Waals surface area contributed by atoms with Gasteiger partial charge in [-0.05, 0) is 73.7 Å². The van der Waals surface area contributed by atoms with Crippen LogP contribution in [0.25, 0.3) is 0 Å². The molecule has 0 aliphatic carbocycles. The number of benzene rings is 4. The fraction of sp³-hybridized carbons (Fsp3) is 0.222. The Kier molecular flexibility index (Phi) is 8.83. The average molecular weight is 608 g/mol. The number of hydrogen-bond donors (Lipinski definition) is 3. The number of esters is 2. The second-order valence-corrected chi connectivity index (χ2v) is 11.3. The third kappa shape index (κ3) is 6.49. The lowest BCUT2D eigenvalue weighted by Gasteiger charge is -2.34. The predicted octanol–water partition coefficient (Wildman–Crippen LogP) is 5.37. The molecule has 230 valence electrons. The van der Waals surface area contributed by atoms with Crippen molar-refractivity contribution in [1.29, 1.82) is 0 Å². The maximum absolute atomic E-state index is 12.2. The molecule has 0 aromatic heterocycles. The van der Waals surface area contributed by atoms with Crippen molar-refractivity contribution in [2.75, 3.05) is 0 Å². The van der Waals surface area contributed by atoms with E-state index in [1.54, 1.807) is 38.1 Å². The molecule has 4 atom stereocenters. The van der Waals surface area contributed by atoms with Gasteiger partial charge in [0.1, 0.15) is 0 Å². The number of rotatable bonds is 7. The van der Waals surface area contributed by atoms with Gasteiger partial charge in [-0.15, -0.1) is 0 Å². The number of hydrogen-bond acceptors (Lipinski definition) is 7. The Morgan fingerprint density at radius 3 is 1.62 bits per heavy atom. The summed E-state index contributed by atoms with van der Waals surface area (Å²) in [5.74, 6) is -5.62. The molecule has 0 saturated heterocycles. The van der Waals surface area contributed by atoms with Crippen LogP contribution in [0.1, 0.15) is 67.1 Å². The van der Waals surface area contributed by atoms with Gasteiger partial charge in [0.2, 0.25) is 12.2 Å². The SMILES string of the molecule is C[C@]12N[C@H](Cc3ccccc31)c1ccccc12.Cc1ccc(C(=O)O[C@H](C(=O)O)[C@H](OC(=O)c2ccc(C)cc2)C(=O)O)cc1. The number of carboxylic acid groups (broad SMARTS) is 2. The normalized spacial score (nSPS) is 18.6. The molecule has 4 aromatic rings. The summed E-state index contributed by atoms with van der Waals surface area (Å²) in [6.07, 6.45) is -3.33. The Labute approximate surface area is 260 Å². The van der Waals surface area contributed by atoms with Crippen LogP contribution >= 0.6 is 0 Å². The molecular weight excluding hydrogens is 574 g/mol. The van der Waals surface area contributed by atoms with Crippen LogP contribution in [-0.2, 0) is 31.0 Å². The van der Waals surface area contributed by atoms with Gasteiger partial charge in [0.25, 0.3) is 0 Å². The van der Waals surface area contributed by atoms with Crippen molar-refractivity contribution in [1.82, 2.24) is 5.32 Å². The van der Waals surface area contributed by atoms with Crippen LogP contribution in [0.5, 0.6) is 0 Å². The van der Waals surface area contributed by atoms with E-state index < -0.39 is 36.1 Å². The van der Waals surface area contributed by atoms with E-state index in [4.69, 9.17) is 9.47 Å². The van der Waals surface area contributed by atoms with Gasteiger partial charge in [0.15, 0.2) is 0 Å².